The molecule has 0 aliphatic carbocycles. The van der Waals surface area contributed by atoms with Crippen molar-refractivity contribution in [3.05, 3.63) is 35.4 Å². The minimum atomic E-state index is -1.21. The van der Waals surface area contributed by atoms with Gasteiger partial charge in [-0.05, 0) is 26.7 Å². The molecule has 2 aromatic rings. The lowest BCUT2D eigenvalue weighted by molar-refractivity contribution is 0.0648. The Morgan fingerprint density at radius 3 is 2.58 bits per heavy atom. The largest absolute Gasteiger partial charge is 0.449 e. The number of aryl methyl sites for hydroxylation is 3. The molecule has 3 rings (SSSR count). The molecule has 1 aliphatic rings. The Labute approximate surface area is 141 Å². The highest BCUT2D eigenvalue weighted by molar-refractivity contribution is 5.36. The summed E-state index contributed by atoms with van der Waals surface area (Å²) in [6.45, 7) is 8.00. The number of halogens is 1. The van der Waals surface area contributed by atoms with Gasteiger partial charge in [-0.15, -0.1) is 0 Å². The lowest BCUT2D eigenvalue weighted by Crippen LogP contribution is -2.45. The van der Waals surface area contributed by atoms with Crippen LogP contribution in [0.2, 0.25) is 0 Å². The summed E-state index contributed by atoms with van der Waals surface area (Å²) in [7, 11) is 0. The van der Waals surface area contributed by atoms with Gasteiger partial charge in [0.05, 0.1) is 12.2 Å². The zero-order valence-corrected chi connectivity index (χ0v) is 14.5. The second-order valence-corrected chi connectivity index (χ2v) is 6.58. The highest BCUT2D eigenvalue weighted by Gasteiger charge is 2.34. The summed E-state index contributed by atoms with van der Waals surface area (Å²) >= 11 is 0. The van der Waals surface area contributed by atoms with Crippen molar-refractivity contribution in [3.8, 4) is 0 Å². The van der Waals surface area contributed by atoms with Crippen molar-refractivity contribution < 1.29 is 8.81 Å². The van der Waals surface area contributed by atoms with Crippen LogP contribution < -0.4 is 5.32 Å². The first-order chi connectivity index (χ1) is 11.4. The molecule has 130 valence electrons. The molecule has 0 radical (unpaired) electrons. The van der Waals surface area contributed by atoms with Crippen molar-refractivity contribution in [2.24, 2.45) is 0 Å². The van der Waals surface area contributed by atoms with Crippen LogP contribution in [-0.2, 0) is 6.54 Å². The minimum absolute atomic E-state index is 0.278. The summed E-state index contributed by atoms with van der Waals surface area (Å²) in [6.07, 6.45) is 2.67. The minimum Gasteiger partial charge on any atom is -0.449 e. The predicted molar refractivity (Wildman–Crippen MR) is 89.6 cm³/mol. The van der Waals surface area contributed by atoms with E-state index in [1.807, 2.05) is 26.8 Å². The first-order valence-corrected chi connectivity index (χ1v) is 8.30. The summed E-state index contributed by atoms with van der Waals surface area (Å²) in [5.74, 6) is 2.06. The molecule has 1 aliphatic heterocycles. The number of nitrogens with zero attached hydrogens (tertiary/aromatic N) is 4. The van der Waals surface area contributed by atoms with Crippen LogP contribution in [-0.4, -0.2) is 45.2 Å². The highest BCUT2D eigenvalue weighted by Crippen LogP contribution is 2.27. The number of rotatable bonds is 5. The normalized spacial score (nSPS) is 17.8. The van der Waals surface area contributed by atoms with E-state index in [0.717, 1.165) is 11.4 Å². The van der Waals surface area contributed by atoms with Gasteiger partial charge in [0.1, 0.15) is 23.6 Å². The molecule has 0 unspecified atom stereocenters. The van der Waals surface area contributed by atoms with Gasteiger partial charge >= 0.3 is 0 Å². The van der Waals surface area contributed by atoms with E-state index in [1.54, 1.807) is 6.26 Å². The Kier molecular flexibility index (Phi) is 4.80. The van der Waals surface area contributed by atoms with Crippen molar-refractivity contribution >= 4 is 5.82 Å². The van der Waals surface area contributed by atoms with E-state index in [-0.39, 0.29) is 6.54 Å². The van der Waals surface area contributed by atoms with Gasteiger partial charge in [0.15, 0.2) is 5.89 Å². The third kappa shape index (κ3) is 4.29. The fourth-order valence-electron chi connectivity index (χ4n) is 3.06. The Morgan fingerprint density at radius 2 is 1.96 bits per heavy atom. The zero-order chi connectivity index (χ0) is 17.2. The maximum absolute atomic E-state index is 15.0. The van der Waals surface area contributed by atoms with Crippen LogP contribution >= 0.6 is 0 Å². The Bertz CT molecular complexity index is 674. The fraction of sp³-hybridized carbons (Fsp3) is 0.588. The lowest BCUT2D eigenvalue weighted by atomic mass is 9.93. The van der Waals surface area contributed by atoms with Crippen LogP contribution in [0.3, 0.4) is 0 Å². The summed E-state index contributed by atoms with van der Waals surface area (Å²) in [4.78, 5) is 15.1. The Hall–Kier alpha value is -2.02. The van der Waals surface area contributed by atoms with E-state index in [2.05, 4.69) is 25.2 Å². The molecule has 1 saturated heterocycles. The number of hydrogen-bond acceptors (Lipinski definition) is 6. The SMILES string of the molecule is Cc1cc(NCC2(F)CCN(Cc3coc(C)n3)CC2)nc(C)n1. The molecule has 1 N–H and O–H groups in total. The predicted octanol–water partition coefficient (Wildman–Crippen LogP) is 2.81. The van der Waals surface area contributed by atoms with Crippen molar-refractivity contribution in [2.45, 2.75) is 45.8 Å². The van der Waals surface area contributed by atoms with Crippen LogP contribution in [0, 0.1) is 20.8 Å². The molecule has 3 heterocycles. The quantitative estimate of drug-likeness (QED) is 0.907. The molecule has 0 saturated carbocycles. The summed E-state index contributed by atoms with van der Waals surface area (Å²) < 4.78 is 20.2. The number of anilines is 1. The molecule has 6 nitrogen and oxygen atoms in total. The van der Waals surface area contributed by atoms with Crippen LogP contribution in [0.25, 0.3) is 0 Å². The zero-order valence-electron chi connectivity index (χ0n) is 14.5. The van der Waals surface area contributed by atoms with Gasteiger partial charge in [0.2, 0.25) is 0 Å². The fourth-order valence-corrected chi connectivity index (χ4v) is 3.06. The van der Waals surface area contributed by atoms with E-state index < -0.39 is 5.67 Å². The topological polar surface area (TPSA) is 67.1 Å². The number of oxazole rings is 1. The molecular weight excluding hydrogens is 309 g/mol. The van der Waals surface area contributed by atoms with Crippen LogP contribution in [0.1, 0.15) is 35.9 Å². The van der Waals surface area contributed by atoms with E-state index in [1.165, 1.54) is 0 Å². The molecule has 2 aromatic heterocycles. The third-order valence-electron chi connectivity index (χ3n) is 4.36. The maximum atomic E-state index is 15.0. The highest BCUT2D eigenvalue weighted by atomic mass is 19.1. The Balaban J connectivity index is 1.50. The van der Waals surface area contributed by atoms with Gasteiger partial charge in [0, 0.05) is 38.3 Å². The average Bonchev–Trinajstić information content (AvgIpc) is 2.92. The van der Waals surface area contributed by atoms with Gasteiger partial charge in [-0.3, -0.25) is 4.90 Å². The first-order valence-electron chi connectivity index (χ1n) is 8.30. The molecule has 1 fully saturated rings. The van der Waals surface area contributed by atoms with E-state index in [0.29, 0.717) is 50.0 Å². The van der Waals surface area contributed by atoms with Crippen LogP contribution in [0.5, 0.6) is 0 Å². The van der Waals surface area contributed by atoms with Gasteiger partial charge in [-0.1, -0.05) is 0 Å². The molecule has 0 aromatic carbocycles. The number of nitrogens with one attached hydrogen (secondary N) is 1. The summed E-state index contributed by atoms with van der Waals surface area (Å²) in [5, 5.41) is 3.13. The van der Waals surface area contributed by atoms with Crippen LogP contribution in [0.4, 0.5) is 10.2 Å². The number of piperidine rings is 1. The van der Waals surface area contributed by atoms with Crippen LogP contribution in [0.15, 0.2) is 16.7 Å². The van der Waals surface area contributed by atoms with E-state index in [4.69, 9.17) is 4.42 Å². The first kappa shape index (κ1) is 16.8. The number of hydrogen-bond donors (Lipinski definition) is 1. The third-order valence-corrected chi connectivity index (χ3v) is 4.36. The van der Waals surface area contributed by atoms with Crippen molar-refractivity contribution in [2.75, 3.05) is 25.0 Å². The van der Waals surface area contributed by atoms with E-state index in [9.17, 15) is 0 Å². The second-order valence-electron chi connectivity index (χ2n) is 6.58. The molecular formula is C17H24FN5O. The number of aromatic nitrogens is 3. The monoisotopic (exact) mass is 333 g/mol. The molecule has 0 amide bonds. The molecule has 24 heavy (non-hydrogen) atoms. The smallest absolute Gasteiger partial charge is 0.191 e. The standard InChI is InChI=1S/C17H24FN5O/c1-12-8-16(21-13(2)20-12)19-11-17(18)4-6-23(7-5-17)9-15-10-24-14(3)22-15/h8,10H,4-7,9,11H2,1-3H3,(H,19,20,21). The second kappa shape index (κ2) is 6.84. The van der Waals surface area contributed by atoms with Gasteiger partial charge < -0.3 is 9.73 Å². The number of likely N-dealkylation sites (tertiary alicyclic amines) is 1. The average molecular weight is 333 g/mol. The molecule has 0 atom stereocenters. The number of alkyl halides is 1. The van der Waals surface area contributed by atoms with E-state index >= 15 is 4.39 Å². The summed E-state index contributed by atoms with van der Waals surface area (Å²) in [6, 6.07) is 1.85. The van der Waals surface area contributed by atoms with Crippen molar-refractivity contribution in [1.29, 1.82) is 0 Å². The maximum Gasteiger partial charge on any atom is 0.191 e. The van der Waals surface area contributed by atoms with Crippen molar-refractivity contribution in [1.82, 2.24) is 19.9 Å². The summed E-state index contributed by atoms with van der Waals surface area (Å²) in [5.41, 5.74) is 0.586. The van der Waals surface area contributed by atoms with Gasteiger partial charge in [-0.25, -0.2) is 19.3 Å². The van der Waals surface area contributed by atoms with Gasteiger partial charge in [-0.2, -0.15) is 0 Å². The van der Waals surface area contributed by atoms with Gasteiger partial charge in [0.25, 0.3) is 0 Å². The molecule has 0 spiro atoms. The molecule has 0 bridgehead atoms. The lowest BCUT2D eigenvalue weighted by Gasteiger charge is -2.36. The Morgan fingerprint density at radius 1 is 1.21 bits per heavy atom. The molecule has 7 heteroatoms. The van der Waals surface area contributed by atoms with Crippen molar-refractivity contribution in [3.63, 3.8) is 0 Å².